The Morgan fingerprint density at radius 3 is 2.94 bits per heavy atom. The molecular weight excluding hydrogens is 258 g/mol. The molecule has 2 rings (SSSR count). The van der Waals surface area contributed by atoms with Gasteiger partial charge in [0.1, 0.15) is 0 Å². The van der Waals surface area contributed by atoms with Crippen LogP contribution in [0.2, 0.25) is 5.02 Å². The second-order valence-corrected chi connectivity index (χ2v) is 4.22. The molecule has 0 radical (unpaired) electrons. The van der Waals surface area contributed by atoms with Crippen molar-refractivity contribution in [3.8, 4) is 11.5 Å². The molecule has 0 saturated heterocycles. The highest BCUT2D eigenvalue weighted by Crippen LogP contribution is 2.37. The highest BCUT2D eigenvalue weighted by molar-refractivity contribution is 6.32. The van der Waals surface area contributed by atoms with Crippen LogP contribution in [-0.2, 0) is 0 Å². The molecule has 0 unspecified atom stereocenters. The number of carbonyl (C=O) groups is 1. The van der Waals surface area contributed by atoms with Crippen LogP contribution in [0.5, 0.6) is 11.5 Å². The number of ether oxygens (including phenoxy) is 2. The van der Waals surface area contributed by atoms with E-state index < -0.39 is 0 Å². The van der Waals surface area contributed by atoms with E-state index in [2.05, 4.69) is 5.32 Å². The molecule has 2 N–H and O–H groups in total. The molecule has 98 valence electrons. The van der Waals surface area contributed by atoms with Crippen molar-refractivity contribution in [2.75, 3.05) is 26.4 Å². The Hall–Kier alpha value is -1.46. The summed E-state index contributed by atoms with van der Waals surface area (Å²) in [7, 11) is 0. The van der Waals surface area contributed by atoms with E-state index in [1.165, 1.54) is 6.07 Å². The summed E-state index contributed by atoms with van der Waals surface area (Å²) in [6.45, 7) is 1.17. The summed E-state index contributed by atoms with van der Waals surface area (Å²) in [5, 5.41) is 11.6. The van der Waals surface area contributed by atoms with Crippen molar-refractivity contribution in [1.29, 1.82) is 0 Å². The number of aliphatic hydroxyl groups is 1. The van der Waals surface area contributed by atoms with Crippen molar-refractivity contribution >= 4 is 17.5 Å². The second-order valence-electron chi connectivity index (χ2n) is 3.82. The first-order chi connectivity index (χ1) is 8.72. The van der Waals surface area contributed by atoms with Crippen LogP contribution < -0.4 is 14.8 Å². The molecular formula is C12H14ClNO4. The first-order valence-electron chi connectivity index (χ1n) is 5.70. The first kappa shape index (κ1) is 13.0. The SMILES string of the molecule is O=C(NCCO)c1cc(Cl)c2c(c1)OCCCO2. The Bertz CT molecular complexity index is 450. The Morgan fingerprint density at radius 1 is 1.39 bits per heavy atom. The van der Waals surface area contributed by atoms with Crippen molar-refractivity contribution in [3.05, 3.63) is 22.7 Å². The molecule has 0 aromatic heterocycles. The van der Waals surface area contributed by atoms with Crippen LogP contribution in [0.3, 0.4) is 0 Å². The zero-order valence-electron chi connectivity index (χ0n) is 9.74. The van der Waals surface area contributed by atoms with Crippen molar-refractivity contribution < 1.29 is 19.4 Å². The fourth-order valence-corrected chi connectivity index (χ4v) is 1.90. The van der Waals surface area contributed by atoms with Gasteiger partial charge in [-0.3, -0.25) is 4.79 Å². The molecule has 0 fully saturated rings. The highest BCUT2D eigenvalue weighted by Gasteiger charge is 2.18. The van der Waals surface area contributed by atoms with E-state index in [0.29, 0.717) is 35.3 Å². The third kappa shape index (κ3) is 2.86. The smallest absolute Gasteiger partial charge is 0.251 e. The second kappa shape index (κ2) is 5.93. The summed E-state index contributed by atoms with van der Waals surface area (Å²) in [5.74, 6) is 0.656. The zero-order valence-corrected chi connectivity index (χ0v) is 10.5. The van der Waals surface area contributed by atoms with Gasteiger partial charge >= 0.3 is 0 Å². The zero-order chi connectivity index (χ0) is 13.0. The van der Waals surface area contributed by atoms with Crippen LogP contribution in [0.25, 0.3) is 0 Å². The minimum absolute atomic E-state index is 0.107. The number of carbonyl (C=O) groups excluding carboxylic acids is 1. The Labute approximate surface area is 110 Å². The van der Waals surface area contributed by atoms with E-state index in [0.717, 1.165) is 6.42 Å². The third-order valence-electron chi connectivity index (χ3n) is 2.46. The van der Waals surface area contributed by atoms with E-state index in [1.54, 1.807) is 6.07 Å². The Kier molecular flexibility index (Phi) is 4.28. The molecule has 5 nitrogen and oxygen atoms in total. The van der Waals surface area contributed by atoms with E-state index in [1.807, 2.05) is 0 Å². The summed E-state index contributed by atoms with van der Waals surface area (Å²) in [6, 6.07) is 3.13. The summed E-state index contributed by atoms with van der Waals surface area (Å²) in [4.78, 5) is 11.8. The number of amides is 1. The fourth-order valence-electron chi connectivity index (χ4n) is 1.63. The molecule has 18 heavy (non-hydrogen) atoms. The lowest BCUT2D eigenvalue weighted by Crippen LogP contribution is -2.26. The summed E-state index contributed by atoms with van der Waals surface area (Å²) < 4.78 is 11.0. The van der Waals surface area contributed by atoms with E-state index >= 15 is 0 Å². The van der Waals surface area contributed by atoms with Crippen molar-refractivity contribution in [3.63, 3.8) is 0 Å². The van der Waals surface area contributed by atoms with Gasteiger partial charge in [0, 0.05) is 18.5 Å². The predicted octanol–water partition coefficient (Wildman–Crippen LogP) is 1.22. The van der Waals surface area contributed by atoms with Gasteiger partial charge in [-0.2, -0.15) is 0 Å². The van der Waals surface area contributed by atoms with E-state index in [4.69, 9.17) is 26.2 Å². The molecule has 6 heteroatoms. The van der Waals surface area contributed by atoms with Crippen molar-refractivity contribution in [1.82, 2.24) is 5.32 Å². The van der Waals surface area contributed by atoms with Gasteiger partial charge < -0.3 is 19.9 Å². The molecule has 1 aromatic rings. The minimum Gasteiger partial charge on any atom is -0.489 e. The van der Waals surface area contributed by atoms with Crippen LogP contribution in [0.4, 0.5) is 0 Å². The van der Waals surface area contributed by atoms with Crippen LogP contribution >= 0.6 is 11.6 Å². The average molecular weight is 272 g/mol. The summed E-state index contributed by atoms with van der Waals surface area (Å²) >= 11 is 6.06. The maximum Gasteiger partial charge on any atom is 0.251 e. The van der Waals surface area contributed by atoms with Crippen LogP contribution in [-0.4, -0.2) is 37.4 Å². The van der Waals surface area contributed by atoms with Gasteiger partial charge in [-0.15, -0.1) is 0 Å². The lowest BCUT2D eigenvalue weighted by atomic mass is 10.2. The molecule has 1 aliphatic heterocycles. The Balaban J connectivity index is 2.25. The fraction of sp³-hybridized carbons (Fsp3) is 0.417. The maximum atomic E-state index is 11.8. The van der Waals surface area contributed by atoms with Crippen molar-refractivity contribution in [2.45, 2.75) is 6.42 Å². The van der Waals surface area contributed by atoms with Gasteiger partial charge in [0.15, 0.2) is 11.5 Å². The molecule has 1 aliphatic rings. The summed E-state index contributed by atoms with van der Waals surface area (Å²) in [6.07, 6.45) is 0.775. The number of hydrogen-bond donors (Lipinski definition) is 2. The average Bonchev–Trinajstić information content (AvgIpc) is 2.61. The van der Waals surface area contributed by atoms with Gasteiger partial charge in [-0.05, 0) is 12.1 Å². The van der Waals surface area contributed by atoms with Gasteiger partial charge in [0.2, 0.25) is 0 Å². The van der Waals surface area contributed by atoms with E-state index in [-0.39, 0.29) is 19.1 Å². The van der Waals surface area contributed by atoms with Gasteiger partial charge in [-0.1, -0.05) is 11.6 Å². The normalized spacial score (nSPS) is 13.9. The third-order valence-corrected chi connectivity index (χ3v) is 2.74. The largest absolute Gasteiger partial charge is 0.489 e. The minimum atomic E-state index is -0.304. The van der Waals surface area contributed by atoms with Gasteiger partial charge in [0.05, 0.1) is 24.8 Å². The quantitative estimate of drug-likeness (QED) is 0.868. The molecule has 0 aliphatic carbocycles. The number of rotatable bonds is 3. The predicted molar refractivity (Wildman–Crippen MR) is 66.5 cm³/mol. The van der Waals surface area contributed by atoms with Crippen LogP contribution in [0.1, 0.15) is 16.8 Å². The monoisotopic (exact) mass is 271 g/mol. The van der Waals surface area contributed by atoms with Crippen LogP contribution in [0.15, 0.2) is 12.1 Å². The topological polar surface area (TPSA) is 67.8 Å². The van der Waals surface area contributed by atoms with Crippen LogP contribution in [0, 0.1) is 0 Å². The summed E-state index contributed by atoms with van der Waals surface area (Å²) in [5.41, 5.74) is 0.387. The van der Waals surface area contributed by atoms with Gasteiger partial charge in [0.25, 0.3) is 5.91 Å². The van der Waals surface area contributed by atoms with Crippen molar-refractivity contribution in [2.24, 2.45) is 0 Å². The lowest BCUT2D eigenvalue weighted by Gasteiger charge is -2.11. The first-order valence-corrected chi connectivity index (χ1v) is 6.08. The molecule has 0 bridgehead atoms. The molecule has 0 atom stereocenters. The Morgan fingerprint density at radius 2 is 2.17 bits per heavy atom. The highest BCUT2D eigenvalue weighted by atomic mass is 35.5. The lowest BCUT2D eigenvalue weighted by molar-refractivity contribution is 0.0944. The molecule has 1 heterocycles. The number of benzene rings is 1. The molecule has 0 saturated carbocycles. The standard InChI is InChI=1S/C12H14ClNO4/c13-9-6-8(12(16)14-2-3-15)7-10-11(9)18-5-1-4-17-10/h6-7,15H,1-5H2,(H,14,16). The number of aliphatic hydroxyl groups excluding tert-OH is 1. The molecule has 0 spiro atoms. The number of halogens is 1. The molecule has 1 aromatic carbocycles. The van der Waals surface area contributed by atoms with Gasteiger partial charge in [-0.25, -0.2) is 0 Å². The van der Waals surface area contributed by atoms with E-state index in [9.17, 15) is 4.79 Å². The maximum absolute atomic E-state index is 11.8. The molecule has 1 amide bonds. The number of nitrogens with one attached hydrogen (secondary N) is 1. The number of fused-ring (bicyclic) bond motifs is 1. The number of hydrogen-bond acceptors (Lipinski definition) is 4.